The Morgan fingerprint density at radius 2 is 1.43 bits per heavy atom. The van der Waals surface area contributed by atoms with Gasteiger partial charge in [0.25, 0.3) is 0 Å². The smallest absolute Gasteiger partial charge is 0.330 e. The number of carbonyl (C=O) groups is 1. The molecule has 0 amide bonds. The highest BCUT2D eigenvalue weighted by molar-refractivity contribution is 5.81. The van der Waals surface area contributed by atoms with E-state index in [9.17, 15) is 9.90 Å². The highest BCUT2D eigenvalue weighted by atomic mass is 16.6. The molecule has 0 aliphatic heterocycles. The van der Waals surface area contributed by atoms with Crippen LogP contribution >= 0.6 is 0 Å². The maximum absolute atomic E-state index is 10.5. The molecular formula is C27H34O3. The SMILES string of the molecule is C=CC(=O)OC(C)(C)C.CC(C)Cc1ccc(C=CC=Cc2ccc(O)cc2)cc1. The summed E-state index contributed by atoms with van der Waals surface area (Å²) in [6.45, 7) is 13.2. The minimum atomic E-state index is -0.398. The van der Waals surface area contributed by atoms with Crippen LogP contribution in [0.5, 0.6) is 5.75 Å². The molecule has 2 rings (SSSR count). The first-order valence-corrected chi connectivity index (χ1v) is 10.2. The summed E-state index contributed by atoms with van der Waals surface area (Å²) in [4.78, 5) is 10.5. The van der Waals surface area contributed by atoms with E-state index in [-0.39, 0.29) is 5.97 Å². The Morgan fingerprint density at radius 3 is 1.80 bits per heavy atom. The number of aromatic hydroxyl groups is 1. The second-order valence-corrected chi connectivity index (χ2v) is 8.39. The summed E-state index contributed by atoms with van der Waals surface area (Å²) >= 11 is 0. The van der Waals surface area contributed by atoms with Crippen molar-refractivity contribution in [2.24, 2.45) is 5.92 Å². The van der Waals surface area contributed by atoms with Crippen LogP contribution in [0.25, 0.3) is 12.2 Å². The van der Waals surface area contributed by atoms with E-state index in [1.807, 2.05) is 51.1 Å². The van der Waals surface area contributed by atoms with Gasteiger partial charge in [-0.05, 0) is 61.9 Å². The molecule has 0 aromatic heterocycles. The molecule has 0 saturated carbocycles. The quantitative estimate of drug-likeness (QED) is 0.325. The maximum Gasteiger partial charge on any atom is 0.330 e. The number of rotatable bonds is 6. The topological polar surface area (TPSA) is 46.5 Å². The number of hydrogen-bond acceptors (Lipinski definition) is 3. The first-order chi connectivity index (χ1) is 14.1. The van der Waals surface area contributed by atoms with E-state index >= 15 is 0 Å². The third kappa shape index (κ3) is 11.7. The monoisotopic (exact) mass is 406 g/mol. The van der Waals surface area contributed by atoms with Crippen molar-refractivity contribution >= 4 is 18.1 Å². The van der Waals surface area contributed by atoms with E-state index in [1.54, 1.807) is 12.1 Å². The predicted octanol–water partition coefficient (Wildman–Crippen LogP) is 6.83. The van der Waals surface area contributed by atoms with Gasteiger partial charge in [0.2, 0.25) is 0 Å². The van der Waals surface area contributed by atoms with E-state index < -0.39 is 5.60 Å². The van der Waals surface area contributed by atoms with Crippen molar-refractivity contribution in [3.05, 3.63) is 90.0 Å². The normalized spacial score (nSPS) is 11.4. The average molecular weight is 407 g/mol. The van der Waals surface area contributed by atoms with E-state index in [1.165, 1.54) is 11.1 Å². The molecule has 0 heterocycles. The molecule has 0 aliphatic rings. The molecule has 3 nitrogen and oxygen atoms in total. The summed E-state index contributed by atoms with van der Waals surface area (Å²) in [5.74, 6) is 0.617. The predicted molar refractivity (Wildman–Crippen MR) is 127 cm³/mol. The zero-order chi connectivity index (χ0) is 22.6. The maximum atomic E-state index is 10.5. The Morgan fingerprint density at radius 1 is 0.967 bits per heavy atom. The Balaban J connectivity index is 0.000000424. The van der Waals surface area contributed by atoms with E-state index in [0.29, 0.717) is 11.7 Å². The number of hydrogen-bond donors (Lipinski definition) is 1. The minimum absolute atomic E-state index is 0.296. The lowest BCUT2D eigenvalue weighted by atomic mass is 10.0. The molecular weight excluding hydrogens is 372 g/mol. The Hall–Kier alpha value is -3.07. The fourth-order valence-corrected chi connectivity index (χ4v) is 2.50. The van der Waals surface area contributed by atoms with E-state index in [0.717, 1.165) is 18.1 Å². The lowest BCUT2D eigenvalue weighted by Crippen LogP contribution is -2.22. The summed E-state index contributed by atoms with van der Waals surface area (Å²) < 4.78 is 4.83. The van der Waals surface area contributed by atoms with Gasteiger partial charge in [-0.1, -0.05) is 81.1 Å². The van der Waals surface area contributed by atoms with Gasteiger partial charge < -0.3 is 9.84 Å². The van der Waals surface area contributed by atoms with E-state index in [4.69, 9.17) is 4.74 Å². The van der Waals surface area contributed by atoms with Crippen molar-refractivity contribution in [1.82, 2.24) is 0 Å². The molecule has 0 bridgehead atoms. The van der Waals surface area contributed by atoms with Gasteiger partial charge in [-0.15, -0.1) is 0 Å². The number of carbonyl (C=O) groups excluding carboxylic acids is 1. The van der Waals surface area contributed by atoms with Gasteiger partial charge in [0.15, 0.2) is 0 Å². The van der Waals surface area contributed by atoms with Crippen LogP contribution in [0.4, 0.5) is 0 Å². The van der Waals surface area contributed by atoms with Gasteiger partial charge in [-0.2, -0.15) is 0 Å². The molecule has 0 atom stereocenters. The lowest BCUT2D eigenvalue weighted by Gasteiger charge is -2.17. The average Bonchev–Trinajstić information content (AvgIpc) is 2.66. The van der Waals surface area contributed by atoms with Crippen molar-refractivity contribution in [2.45, 2.75) is 46.6 Å². The number of esters is 1. The lowest BCUT2D eigenvalue weighted by molar-refractivity contribution is -0.148. The van der Waals surface area contributed by atoms with Gasteiger partial charge in [0.1, 0.15) is 11.4 Å². The van der Waals surface area contributed by atoms with Crippen LogP contribution in [-0.4, -0.2) is 16.7 Å². The number of ether oxygens (including phenoxy) is 1. The highest BCUT2D eigenvalue weighted by Gasteiger charge is 2.12. The van der Waals surface area contributed by atoms with E-state index in [2.05, 4.69) is 50.8 Å². The van der Waals surface area contributed by atoms with Gasteiger partial charge in [0, 0.05) is 6.08 Å². The molecule has 0 unspecified atom stereocenters. The molecule has 3 heteroatoms. The fourth-order valence-electron chi connectivity index (χ4n) is 2.50. The van der Waals surface area contributed by atoms with Crippen molar-refractivity contribution in [3.63, 3.8) is 0 Å². The first-order valence-electron chi connectivity index (χ1n) is 10.2. The van der Waals surface area contributed by atoms with Gasteiger partial charge in [0.05, 0.1) is 0 Å². The Kier molecular flexibility index (Phi) is 10.4. The molecule has 160 valence electrons. The van der Waals surface area contributed by atoms with Crippen molar-refractivity contribution in [2.75, 3.05) is 0 Å². The molecule has 0 spiro atoms. The van der Waals surface area contributed by atoms with Crippen LogP contribution in [-0.2, 0) is 16.0 Å². The number of benzene rings is 2. The molecule has 0 radical (unpaired) electrons. The molecule has 1 N–H and O–H groups in total. The number of phenolic OH excluding ortho intramolecular Hbond substituents is 1. The Bertz CT molecular complexity index is 833. The van der Waals surface area contributed by atoms with Crippen molar-refractivity contribution in [3.8, 4) is 5.75 Å². The van der Waals surface area contributed by atoms with Crippen molar-refractivity contribution < 1.29 is 14.6 Å². The third-order valence-electron chi connectivity index (χ3n) is 3.78. The zero-order valence-corrected chi connectivity index (χ0v) is 18.8. The number of allylic oxidation sites excluding steroid dienone is 2. The largest absolute Gasteiger partial charge is 0.508 e. The summed E-state index contributed by atoms with van der Waals surface area (Å²) in [7, 11) is 0. The number of phenols is 1. The third-order valence-corrected chi connectivity index (χ3v) is 3.78. The van der Waals surface area contributed by atoms with Gasteiger partial charge in [-0.3, -0.25) is 0 Å². The minimum Gasteiger partial charge on any atom is -0.508 e. The molecule has 0 fully saturated rings. The van der Waals surface area contributed by atoms with Crippen LogP contribution < -0.4 is 0 Å². The van der Waals surface area contributed by atoms with Crippen LogP contribution in [0.2, 0.25) is 0 Å². The highest BCUT2D eigenvalue weighted by Crippen LogP contribution is 2.12. The molecule has 0 saturated heterocycles. The fraction of sp³-hybridized carbons (Fsp3) is 0.296. The second-order valence-electron chi connectivity index (χ2n) is 8.39. The standard InChI is InChI=1S/C20H22O.C7H12O2/c1-16(2)15-19-9-7-17(8-10-19)5-3-4-6-18-11-13-20(21)14-12-18;1-5-6(8)9-7(2,3)4/h3-14,16,21H,15H2,1-2H3;5H,1H2,2-4H3. The molecule has 0 aliphatic carbocycles. The summed E-state index contributed by atoms with van der Waals surface area (Å²) in [6, 6.07) is 15.9. The summed E-state index contributed by atoms with van der Waals surface area (Å²) in [5, 5.41) is 9.22. The zero-order valence-electron chi connectivity index (χ0n) is 18.8. The van der Waals surface area contributed by atoms with Crippen LogP contribution in [0, 0.1) is 5.92 Å². The second kappa shape index (κ2) is 12.5. The van der Waals surface area contributed by atoms with Crippen molar-refractivity contribution in [1.29, 1.82) is 0 Å². The Labute approximate surface area is 181 Å². The molecule has 30 heavy (non-hydrogen) atoms. The molecule has 2 aromatic carbocycles. The van der Waals surface area contributed by atoms with Gasteiger partial charge >= 0.3 is 5.97 Å². The molecule has 2 aromatic rings. The van der Waals surface area contributed by atoms with Crippen LogP contribution in [0.15, 0.2) is 73.3 Å². The first kappa shape index (κ1) is 25.0. The van der Waals surface area contributed by atoms with Crippen LogP contribution in [0.3, 0.4) is 0 Å². The van der Waals surface area contributed by atoms with Crippen LogP contribution in [0.1, 0.15) is 51.3 Å². The summed E-state index contributed by atoms with van der Waals surface area (Å²) in [5.41, 5.74) is 3.27. The summed E-state index contributed by atoms with van der Waals surface area (Å²) in [6.07, 6.45) is 10.4. The van der Waals surface area contributed by atoms with Gasteiger partial charge in [-0.25, -0.2) is 4.79 Å².